The smallest absolute Gasteiger partial charge is 0.338 e. The SMILES string of the molecule is CNC(=O)c1ccc(NC(=O)COC(=O)c2ccc(OC)c([N+](=O)[O-])c2)cc1. The molecule has 0 atom stereocenters. The van der Waals surface area contributed by atoms with E-state index < -0.39 is 29.1 Å². The van der Waals surface area contributed by atoms with Crippen molar-refractivity contribution in [3.63, 3.8) is 0 Å². The van der Waals surface area contributed by atoms with E-state index in [0.29, 0.717) is 11.3 Å². The molecule has 0 saturated carbocycles. The fourth-order valence-corrected chi connectivity index (χ4v) is 2.22. The number of nitro groups is 1. The number of nitrogens with zero attached hydrogens (tertiary/aromatic N) is 1. The Kier molecular flexibility index (Phi) is 6.63. The number of nitro benzene ring substituents is 1. The average Bonchev–Trinajstić information content (AvgIpc) is 2.71. The fraction of sp³-hybridized carbons (Fsp3) is 0.167. The molecule has 2 aromatic carbocycles. The number of benzene rings is 2. The zero-order valence-corrected chi connectivity index (χ0v) is 15.1. The van der Waals surface area contributed by atoms with Gasteiger partial charge in [-0.05, 0) is 36.4 Å². The topological polar surface area (TPSA) is 137 Å². The van der Waals surface area contributed by atoms with Crippen molar-refractivity contribution in [2.75, 3.05) is 26.1 Å². The Hall–Kier alpha value is -3.95. The van der Waals surface area contributed by atoms with Crippen molar-refractivity contribution in [3.05, 3.63) is 63.7 Å². The van der Waals surface area contributed by atoms with Crippen LogP contribution in [0.2, 0.25) is 0 Å². The van der Waals surface area contributed by atoms with Crippen molar-refractivity contribution in [3.8, 4) is 5.75 Å². The maximum atomic E-state index is 12.0. The van der Waals surface area contributed by atoms with Crippen LogP contribution < -0.4 is 15.4 Å². The number of amides is 2. The van der Waals surface area contributed by atoms with E-state index in [2.05, 4.69) is 10.6 Å². The Labute approximate surface area is 159 Å². The van der Waals surface area contributed by atoms with Crippen LogP contribution in [-0.4, -0.2) is 43.5 Å². The molecule has 2 rings (SSSR count). The van der Waals surface area contributed by atoms with E-state index >= 15 is 0 Å². The second-order valence-electron chi connectivity index (χ2n) is 5.42. The Balaban J connectivity index is 1.95. The molecule has 10 heteroatoms. The highest BCUT2D eigenvalue weighted by Gasteiger charge is 2.19. The van der Waals surface area contributed by atoms with Gasteiger partial charge in [-0.25, -0.2) is 4.79 Å². The monoisotopic (exact) mass is 387 g/mol. The lowest BCUT2D eigenvalue weighted by Gasteiger charge is -2.08. The second kappa shape index (κ2) is 9.12. The fourth-order valence-electron chi connectivity index (χ4n) is 2.22. The van der Waals surface area contributed by atoms with E-state index in [1.807, 2.05) is 0 Å². The summed E-state index contributed by atoms with van der Waals surface area (Å²) in [7, 11) is 2.77. The Morgan fingerprint density at radius 3 is 2.29 bits per heavy atom. The highest BCUT2D eigenvalue weighted by molar-refractivity contribution is 5.97. The van der Waals surface area contributed by atoms with E-state index in [9.17, 15) is 24.5 Å². The normalized spacial score (nSPS) is 9.93. The van der Waals surface area contributed by atoms with Gasteiger partial charge in [0.2, 0.25) is 0 Å². The van der Waals surface area contributed by atoms with Crippen LogP contribution in [0, 0.1) is 10.1 Å². The predicted octanol–water partition coefficient (Wildman–Crippen LogP) is 1.76. The van der Waals surface area contributed by atoms with E-state index in [1.165, 1.54) is 50.6 Å². The minimum Gasteiger partial charge on any atom is -0.490 e. The van der Waals surface area contributed by atoms with Crippen LogP contribution in [0.15, 0.2) is 42.5 Å². The number of carbonyl (C=O) groups excluding carboxylic acids is 3. The molecule has 0 aromatic heterocycles. The number of anilines is 1. The Bertz CT molecular complexity index is 910. The lowest BCUT2D eigenvalue weighted by Crippen LogP contribution is -2.21. The summed E-state index contributed by atoms with van der Waals surface area (Å²) in [4.78, 5) is 45.7. The van der Waals surface area contributed by atoms with Crippen LogP contribution in [0.5, 0.6) is 5.75 Å². The first-order valence-electron chi connectivity index (χ1n) is 7.97. The molecule has 2 amide bonds. The number of ether oxygens (including phenoxy) is 2. The summed E-state index contributed by atoms with van der Waals surface area (Å²) in [5.41, 5.74) is 0.356. The highest BCUT2D eigenvalue weighted by atomic mass is 16.6. The summed E-state index contributed by atoms with van der Waals surface area (Å²) in [6, 6.07) is 9.67. The van der Waals surface area contributed by atoms with Gasteiger partial charge in [0.25, 0.3) is 11.8 Å². The summed E-state index contributed by atoms with van der Waals surface area (Å²) in [5.74, 6) is -1.76. The van der Waals surface area contributed by atoms with Crippen molar-refractivity contribution in [2.45, 2.75) is 0 Å². The van der Waals surface area contributed by atoms with Crippen molar-refractivity contribution in [1.29, 1.82) is 0 Å². The van der Waals surface area contributed by atoms with Gasteiger partial charge in [-0.3, -0.25) is 19.7 Å². The molecule has 0 heterocycles. The number of rotatable bonds is 7. The third-order valence-corrected chi connectivity index (χ3v) is 3.60. The summed E-state index contributed by atoms with van der Waals surface area (Å²) >= 11 is 0. The quantitative estimate of drug-likeness (QED) is 0.419. The number of nitrogens with one attached hydrogen (secondary N) is 2. The van der Waals surface area contributed by atoms with Crippen LogP contribution in [0.3, 0.4) is 0 Å². The standard InChI is InChI=1S/C18H17N3O7/c1-19-17(23)11-3-6-13(7-4-11)20-16(22)10-28-18(24)12-5-8-15(27-2)14(9-12)21(25)26/h3-9H,10H2,1-2H3,(H,19,23)(H,20,22). The van der Waals surface area contributed by atoms with Crippen molar-refractivity contribution < 1.29 is 28.8 Å². The minimum absolute atomic E-state index is 0.000468. The summed E-state index contributed by atoms with van der Waals surface area (Å²) in [6.45, 7) is -0.587. The molecule has 0 unspecified atom stereocenters. The molecule has 2 N–H and O–H groups in total. The molecule has 0 radical (unpaired) electrons. The van der Waals surface area contributed by atoms with Crippen molar-refractivity contribution in [1.82, 2.24) is 5.32 Å². The van der Waals surface area contributed by atoms with Gasteiger partial charge in [0.15, 0.2) is 12.4 Å². The zero-order valence-electron chi connectivity index (χ0n) is 15.1. The largest absolute Gasteiger partial charge is 0.490 e. The molecule has 0 fully saturated rings. The minimum atomic E-state index is -0.893. The van der Waals surface area contributed by atoms with E-state index in [0.717, 1.165) is 6.07 Å². The molecule has 10 nitrogen and oxygen atoms in total. The molecule has 0 aliphatic heterocycles. The third-order valence-electron chi connectivity index (χ3n) is 3.60. The van der Waals surface area contributed by atoms with Crippen LogP contribution >= 0.6 is 0 Å². The summed E-state index contributed by atoms with van der Waals surface area (Å²) in [6.07, 6.45) is 0. The number of hydrogen-bond donors (Lipinski definition) is 2. The van der Waals surface area contributed by atoms with E-state index in [-0.39, 0.29) is 17.2 Å². The van der Waals surface area contributed by atoms with Gasteiger partial charge >= 0.3 is 11.7 Å². The van der Waals surface area contributed by atoms with Gasteiger partial charge in [-0.2, -0.15) is 0 Å². The lowest BCUT2D eigenvalue weighted by atomic mass is 10.2. The molecule has 2 aromatic rings. The number of hydrogen-bond acceptors (Lipinski definition) is 7. The van der Waals surface area contributed by atoms with Gasteiger partial charge in [-0.15, -0.1) is 0 Å². The highest BCUT2D eigenvalue weighted by Crippen LogP contribution is 2.27. The van der Waals surface area contributed by atoms with Crippen LogP contribution in [0.4, 0.5) is 11.4 Å². The molecular formula is C18H17N3O7. The predicted molar refractivity (Wildman–Crippen MR) is 98.4 cm³/mol. The van der Waals surface area contributed by atoms with E-state index in [4.69, 9.17) is 9.47 Å². The first kappa shape index (κ1) is 20.4. The Morgan fingerprint density at radius 2 is 1.71 bits per heavy atom. The maximum absolute atomic E-state index is 12.0. The molecule has 0 bridgehead atoms. The third kappa shape index (κ3) is 5.04. The lowest BCUT2D eigenvalue weighted by molar-refractivity contribution is -0.385. The van der Waals surface area contributed by atoms with Gasteiger partial charge in [0.1, 0.15) is 0 Å². The molecule has 0 saturated heterocycles. The zero-order chi connectivity index (χ0) is 20.7. The number of carbonyl (C=O) groups is 3. The van der Waals surface area contributed by atoms with Crippen LogP contribution in [0.1, 0.15) is 20.7 Å². The van der Waals surface area contributed by atoms with Gasteiger partial charge < -0.3 is 20.1 Å². The summed E-state index contributed by atoms with van der Waals surface area (Å²) < 4.78 is 9.72. The maximum Gasteiger partial charge on any atom is 0.338 e. The number of esters is 1. The van der Waals surface area contributed by atoms with Crippen molar-refractivity contribution in [2.24, 2.45) is 0 Å². The van der Waals surface area contributed by atoms with E-state index in [1.54, 1.807) is 0 Å². The van der Waals surface area contributed by atoms with Crippen LogP contribution in [-0.2, 0) is 9.53 Å². The van der Waals surface area contributed by atoms with Gasteiger partial charge in [0.05, 0.1) is 17.6 Å². The molecule has 0 spiro atoms. The first-order valence-corrected chi connectivity index (χ1v) is 7.97. The van der Waals surface area contributed by atoms with Gasteiger partial charge in [-0.1, -0.05) is 0 Å². The molecule has 146 valence electrons. The molecular weight excluding hydrogens is 370 g/mol. The van der Waals surface area contributed by atoms with Crippen LogP contribution in [0.25, 0.3) is 0 Å². The summed E-state index contributed by atoms with van der Waals surface area (Å²) in [5, 5.41) is 16.0. The first-order chi connectivity index (χ1) is 13.3. The van der Waals surface area contributed by atoms with Gasteiger partial charge in [0, 0.05) is 24.4 Å². The second-order valence-corrected chi connectivity index (χ2v) is 5.42. The Morgan fingerprint density at radius 1 is 1.07 bits per heavy atom. The van der Waals surface area contributed by atoms with Crippen molar-refractivity contribution >= 4 is 29.2 Å². The average molecular weight is 387 g/mol. The molecule has 28 heavy (non-hydrogen) atoms. The molecule has 0 aliphatic rings. The number of methoxy groups -OCH3 is 1. The molecule has 0 aliphatic carbocycles.